The first-order chi connectivity index (χ1) is 13.2. The zero-order chi connectivity index (χ0) is 19.5. The summed E-state index contributed by atoms with van der Waals surface area (Å²) in [6.45, 7) is 7.49. The number of hydrogen-bond donors (Lipinski definition) is 1. The molecule has 0 amide bonds. The third-order valence-corrected chi connectivity index (χ3v) is 4.36. The van der Waals surface area contributed by atoms with Crippen molar-refractivity contribution in [2.24, 2.45) is 4.99 Å². The first-order valence-corrected chi connectivity index (χ1v) is 9.67. The van der Waals surface area contributed by atoms with Gasteiger partial charge in [0.15, 0.2) is 5.96 Å². The van der Waals surface area contributed by atoms with Crippen molar-refractivity contribution in [2.45, 2.75) is 46.2 Å². The predicted molar refractivity (Wildman–Crippen MR) is 124 cm³/mol. The fraction of sp³-hybridized carbons (Fsp3) is 0.550. The monoisotopic (exact) mass is 500 g/mol. The number of methoxy groups -OCH3 is 1. The van der Waals surface area contributed by atoms with Crippen LogP contribution in [0, 0.1) is 0 Å². The molecule has 1 N–H and O–H groups in total. The van der Waals surface area contributed by atoms with E-state index >= 15 is 0 Å². The lowest BCUT2D eigenvalue weighted by Gasteiger charge is -2.23. The minimum absolute atomic E-state index is 0. The standard InChI is InChI=1S/C20H32N6O.HI/c1-5-7-12-21-20(22-13-14-26-16-23-24-19(26)6-2)25(3)15-17-8-10-18(27-4)11-9-17;/h8-11,16H,5-7,12-15H2,1-4H3,(H,21,22);1H. The SMILES string of the molecule is CCCCN=C(NCCn1cnnc1CC)N(C)Cc1ccc(OC)cc1.I. The lowest BCUT2D eigenvalue weighted by molar-refractivity contribution is 0.414. The fourth-order valence-corrected chi connectivity index (χ4v) is 2.76. The quantitative estimate of drug-likeness (QED) is 0.235. The minimum Gasteiger partial charge on any atom is -0.497 e. The number of aryl methyl sites for hydroxylation is 1. The van der Waals surface area contributed by atoms with Crippen LogP contribution in [0.15, 0.2) is 35.6 Å². The van der Waals surface area contributed by atoms with E-state index < -0.39 is 0 Å². The molecule has 0 bridgehead atoms. The summed E-state index contributed by atoms with van der Waals surface area (Å²) in [5.74, 6) is 2.80. The number of halogens is 1. The van der Waals surface area contributed by atoms with Crippen LogP contribution in [0.4, 0.5) is 0 Å². The predicted octanol–water partition coefficient (Wildman–Crippen LogP) is 3.34. The molecule has 0 atom stereocenters. The van der Waals surface area contributed by atoms with Crippen LogP contribution in [0.25, 0.3) is 0 Å². The second-order valence-corrected chi connectivity index (χ2v) is 6.48. The van der Waals surface area contributed by atoms with Crippen LogP contribution in [0.3, 0.4) is 0 Å². The highest BCUT2D eigenvalue weighted by atomic mass is 127. The van der Waals surface area contributed by atoms with Crippen molar-refractivity contribution in [1.82, 2.24) is 25.0 Å². The highest BCUT2D eigenvalue weighted by Crippen LogP contribution is 2.12. The summed E-state index contributed by atoms with van der Waals surface area (Å²) in [4.78, 5) is 6.93. The van der Waals surface area contributed by atoms with Crippen molar-refractivity contribution in [2.75, 3.05) is 27.2 Å². The zero-order valence-electron chi connectivity index (χ0n) is 17.4. The number of ether oxygens (including phenoxy) is 1. The normalized spacial score (nSPS) is 11.1. The summed E-state index contributed by atoms with van der Waals surface area (Å²) in [6, 6.07) is 8.15. The smallest absolute Gasteiger partial charge is 0.194 e. The number of aliphatic imine (C=N–C) groups is 1. The Bertz CT molecular complexity index is 701. The average molecular weight is 500 g/mol. The molecule has 0 fully saturated rings. The van der Waals surface area contributed by atoms with Crippen molar-refractivity contribution in [3.63, 3.8) is 0 Å². The second-order valence-electron chi connectivity index (χ2n) is 6.48. The Kier molecular flexibility index (Phi) is 11.5. The van der Waals surface area contributed by atoms with Gasteiger partial charge in [0.1, 0.15) is 17.9 Å². The molecule has 0 saturated carbocycles. The number of nitrogens with zero attached hydrogens (tertiary/aromatic N) is 5. The van der Waals surface area contributed by atoms with Crippen LogP contribution in [-0.2, 0) is 19.5 Å². The Hall–Kier alpha value is -1.84. The van der Waals surface area contributed by atoms with Crippen molar-refractivity contribution in [3.8, 4) is 5.75 Å². The summed E-state index contributed by atoms with van der Waals surface area (Å²) < 4.78 is 7.32. The van der Waals surface area contributed by atoms with Crippen LogP contribution in [0.5, 0.6) is 5.75 Å². The molecule has 0 unspecified atom stereocenters. The Morgan fingerprint density at radius 2 is 2.00 bits per heavy atom. The number of guanidine groups is 1. The first-order valence-electron chi connectivity index (χ1n) is 9.67. The van der Waals surface area contributed by atoms with E-state index in [0.717, 1.165) is 63.0 Å². The van der Waals surface area contributed by atoms with E-state index in [1.54, 1.807) is 13.4 Å². The molecule has 0 radical (unpaired) electrons. The fourth-order valence-electron chi connectivity index (χ4n) is 2.76. The number of rotatable bonds is 10. The summed E-state index contributed by atoms with van der Waals surface area (Å²) in [6.07, 6.45) is 4.90. The van der Waals surface area contributed by atoms with E-state index in [9.17, 15) is 0 Å². The third kappa shape index (κ3) is 7.65. The number of hydrogen-bond acceptors (Lipinski definition) is 4. The Balaban J connectivity index is 0.00000392. The maximum Gasteiger partial charge on any atom is 0.194 e. The molecule has 1 heterocycles. The van der Waals surface area contributed by atoms with Gasteiger partial charge in [0.2, 0.25) is 0 Å². The van der Waals surface area contributed by atoms with Crippen molar-refractivity contribution >= 4 is 29.9 Å². The largest absolute Gasteiger partial charge is 0.497 e. The Morgan fingerprint density at radius 1 is 1.25 bits per heavy atom. The van der Waals surface area contributed by atoms with Crippen molar-refractivity contribution in [3.05, 3.63) is 42.0 Å². The number of aromatic nitrogens is 3. The lowest BCUT2D eigenvalue weighted by Crippen LogP contribution is -2.40. The van der Waals surface area contributed by atoms with Crippen LogP contribution in [0.1, 0.15) is 38.1 Å². The number of unbranched alkanes of at least 4 members (excludes halogenated alkanes) is 1. The molecule has 0 aliphatic heterocycles. The highest BCUT2D eigenvalue weighted by Gasteiger charge is 2.08. The van der Waals surface area contributed by atoms with E-state index in [1.165, 1.54) is 5.56 Å². The summed E-state index contributed by atoms with van der Waals surface area (Å²) >= 11 is 0. The third-order valence-electron chi connectivity index (χ3n) is 4.36. The molecule has 0 aliphatic rings. The molecule has 8 heteroatoms. The molecule has 156 valence electrons. The van der Waals surface area contributed by atoms with Crippen molar-refractivity contribution in [1.29, 1.82) is 0 Å². The minimum atomic E-state index is 0. The van der Waals surface area contributed by atoms with E-state index in [4.69, 9.17) is 9.73 Å². The molecule has 7 nitrogen and oxygen atoms in total. The molecule has 1 aromatic carbocycles. The molecule has 2 aromatic rings. The maximum atomic E-state index is 5.23. The summed E-state index contributed by atoms with van der Waals surface area (Å²) in [5.41, 5.74) is 1.22. The van der Waals surface area contributed by atoms with Crippen LogP contribution in [-0.4, -0.2) is 52.9 Å². The highest BCUT2D eigenvalue weighted by molar-refractivity contribution is 14.0. The Morgan fingerprint density at radius 3 is 2.64 bits per heavy atom. The first kappa shape index (κ1) is 24.2. The molecule has 2 rings (SSSR count). The van der Waals surface area contributed by atoms with Crippen LogP contribution < -0.4 is 10.1 Å². The van der Waals surface area contributed by atoms with E-state index in [2.05, 4.69) is 58.0 Å². The van der Waals surface area contributed by atoms with Crippen LogP contribution in [0.2, 0.25) is 0 Å². The van der Waals surface area contributed by atoms with Crippen molar-refractivity contribution < 1.29 is 4.74 Å². The van der Waals surface area contributed by atoms with Gasteiger partial charge >= 0.3 is 0 Å². The average Bonchev–Trinajstić information content (AvgIpc) is 3.15. The molecular weight excluding hydrogens is 467 g/mol. The van der Waals surface area contributed by atoms with Gasteiger partial charge in [0, 0.05) is 39.6 Å². The van der Waals surface area contributed by atoms with Gasteiger partial charge in [-0.05, 0) is 24.1 Å². The topological polar surface area (TPSA) is 67.6 Å². The van der Waals surface area contributed by atoms with Crippen LogP contribution >= 0.6 is 24.0 Å². The van der Waals surface area contributed by atoms with E-state index in [1.807, 2.05) is 12.1 Å². The maximum absolute atomic E-state index is 5.23. The zero-order valence-corrected chi connectivity index (χ0v) is 19.7. The molecule has 0 aliphatic carbocycles. The van der Waals surface area contributed by atoms with Gasteiger partial charge in [-0.3, -0.25) is 4.99 Å². The van der Waals surface area contributed by atoms with E-state index in [0.29, 0.717) is 0 Å². The molecule has 1 aromatic heterocycles. The number of nitrogens with one attached hydrogen (secondary N) is 1. The van der Waals surface area contributed by atoms with Gasteiger partial charge < -0.3 is 19.5 Å². The van der Waals surface area contributed by atoms with E-state index in [-0.39, 0.29) is 24.0 Å². The molecule has 28 heavy (non-hydrogen) atoms. The van der Waals surface area contributed by atoms with Gasteiger partial charge in [-0.1, -0.05) is 32.4 Å². The van der Waals surface area contributed by atoms with Gasteiger partial charge in [-0.2, -0.15) is 0 Å². The lowest BCUT2D eigenvalue weighted by atomic mass is 10.2. The summed E-state index contributed by atoms with van der Waals surface area (Å²) in [5, 5.41) is 11.6. The number of benzene rings is 1. The molecule has 0 spiro atoms. The molecule has 0 saturated heterocycles. The Labute approximate surface area is 185 Å². The second kappa shape index (κ2) is 13.4. The van der Waals surface area contributed by atoms with Gasteiger partial charge in [-0.25, -0.2) is 0 Å². The van der Waals surface area contributed by atoms with Gasteiger partial charge in [-0.15, -0.1) is 34.2 Å². The van der Waals surface area contributed by atoms with Gasteiger partial charge in [0.05, 0.1) is 7.11 Å². The molecular formula is C20H33IN6O. The van der Waals surface area contributed by atoms with Gasteiger partial charge in [0.25, 0.3) is 0 Å². The summed E-state index contributed by atoms with van der Waals surface area (Å²) in [7, 11) is 3.75.